The molecule has 0 aliphatic heterocycles. The number of aryl methyl sites for hydroxylation is 1. The molecule has 0 spiro atoms. The summed E-state index contributed by atoms with van der Waals surface area (Å²) in [7, 11) is 0. The van der Waals surface area contributed by atoms with E-state index in [9.17, 15) is 9.65 Å². The Morgan fingerprint density at radius 3 is 2.59 bits per heavy atom. The first kappa shape index (κ1) is 17.4. The molecule has 3 aromatic rings. The molecule has 1 heterocycles. The van der Waals surface area contributed by atoms with E-state index >= 15 is 0 Å². The van der Waals surface area contributed by atoms with Gasteiger partial charge in [0.2, 0.25) is 0 Å². The molecular formula is C24H21FN2. The summed E-state index contributed by atoms with van der Waals surface area (Å²) in [6.07, 6.45) is 2.18. The predicted octanol–water partition coefficient (Wildman–Crippen LogP) is 5.45. The zero-order valence-corrected chi connectivity index (χ0v) is 15.6. The van der Waals surface area contributed by atoms with E-state index in [1.54, 1.807) is 12.1 Å². The first-order valence-electron chi connectivity index (χ1n) is 9.26. The van der Waals surface area contributed by atoms with Crippen LogP contribution < -0.4 is 0 Å². The fourth-order valence-electron chi connectivity index (χ4n) is 4.24. The highest BCUT2D eigenvalue weighted by Gasteiger charge is 2.42. The van der Waals surface area contributed by atoms with Crippen molar-refractivity contribution in [2.45, 2.75) is 38.5 Å². The predicted molar refractivity (Wildman–Crippen MR) is 105 cm³/mol. The maximum absolute atomic E-state index is 13.9. The first-order chi connectivity index (χ1) is 13.0. The van der Waals surface area contributed by atoms with Gasteiger partial charge in [-0.1, -0.05) is 42.5 Å². The molecule has 1 aromatic heterocycles. The molecule has 0 saturated heterocycles. The molecule has 0 saturated carbocycles. The molecule has 4 rings (SSSR count). The van der Waals surface area contributed by atoms with Crippen molar-refractivity contribution in [1.29, 1.82) is 5.26 Å². The zero-order valence-electron chi connectivity index (χ0n) is 15.6. The smallest absolute Gasteiger partial charge is 0.123 e. The van der Waals surface area contributed by atoms with Crippen LogP contribution in [0.2, 0.25) is 0 Å². The van der Waals surface area contributed by atoms with Gasteiger partial charge < -0.3 is 0 Å². The lowest BCUT2D eigenvalue weighted by molar-refractivity contribution is 0.527. The second-order valence-electron chi connectivity index (χ2n) is 7.39. The van der Waals surface area contributed by atoms with Crippen LogP contribution in [0.15, 0.2) is 54.6 Å². The maximum atomic E-state index is 13.9. The summed E-state index contributed by atoms with van der Waals surface area (Å²) in [6, 6.07) is 19.4. The summed E-state index contributed by atoms with van der Waals surface area (Å²) in [6.45, 7) is 4.01. The molecule has 0 radical (unpaired) electrons. The van der Waals surface area contributed by atoms with Crippen molar-refractivity contribution >= 4 is 0 Å². The topological polar surface area (TPSA) is 36.7 Å². The van der Waals surface area contributed by atoms with Crippen molar-refractivity contribution in [3.8, 4) is 17.2 Å². The van der Waals surface area contributed by atoms with Crippen molar-refractivity contribution in [3.05, 3.63) is 88.5 Å². The highest BCUT2D eigenvalue weighted by molar-refractivity contribution is 5.74. The van der Waals surface area contributed by atoms with Gasteiger partial charge in [0.25, 0.3) is 0 Å². The Kier molecular flexibility index (Phi) is 4.28. The van der Waals surface area contributed by atoms with Crippen LogP contribution in [0.3, 0.4) is 0 Å². The number of fused-ring (bicyclic) bond motifs is 1. The average molecular weight is 356 g/mol. The number of hydrogen-bond acceptors (Lipinski definition) is 2. The Morgan fingerprint density at radius 1 is 1.11 bits per heavy atom. The minimum absolute atomic E-state index is 0.246. The number of nitrogens with zero attached hydrogens (tertiary/aromatic N) is 2. The molecule has 1 aliphatic rings. The molecule has 0 bridgehead atoms. The first-order valence-corrected chi connectivity index (χ1v) is 9.26. The van der Waals surface area contributed by atoms with E-state index in [1.807, 2.05) is 38.1 Å². The zero-order chi connectivity index (χ0) is 19.0. The summed E-state index contributed by atoms with van der Waals surface area (Å²) in [4.78, 5) is 4.87. The lowest BCUT2D eigenvalue weighted by Gasteiger charge is -2.23. The fraction of sp³-hybridized carbons (Fsp3) is 0.250. The van der Waals surface area contributed by atoms with Crippen molar-refractivity contribution in [2.75, 3.05) is 0 Å². The number of pyridine rings is 1. The Balaban J connectivity index is 1.90. The number of rotatable bonds is 3. The van der Waals surface area contributed by atoms with Crippen LogP contribution in [0.4, 0.5) is 4.39 Å². The van der Waals surface area contributed by atoms with Crippen LogP contribution >= 0.6 is 0 Å². The quantitative estimate of drug-likeness (QED) is 0.625. The molecule has 27 heavy (non-hydrogen) atoms. The number of nitriles is 1. The normalized spacial score (nSPS) is 18.1. The molecule has 2 nitrogen and oxygen atoms in total. The van der Waals surface area contributed by atoms with E-state index in [0.29, 0.717) is 6.42 Å². The van der Waals surface area contributed by atoms with Crippen LogP contribution in [0.1, 0.15) is 34.5 Å². The van der Waals surface area contributed by atoms with Crippen molar-refractivity contribution in [3.63, 3.8) is 0 Å². The Hall–Kier alpha value is -2.99. The number of benzene rings is 2. The fourth-order valence-corrected chi connectivity index (χ4v) is 4.24. The van der Waals surface area contributed by atoms with Crippen molar-refractivity contribution < 1.29 is 4.39 Å². The third kappa shape index (κ3) is 2.92. The summed E-state index contributed by atoms with van der Waals surface area (Å²) in [5.74, 6) is -0.246. The van der Waals surface area contributed by atoms with Crippen LogP contribution in [-0.2, 0) is 18.3 Å². The van der Waals surface area contributed by atoms with Gasteiger partial charge in [0.05, 0.1) is 11.8 Å². The van der Waals surface area contributed by atoms with Crippen molar-refractivity contribution in [1.82, 2.24) is 4.98 Å². The van der Waals surface area contributed by atoms with Crippen molar-refractivity contribution in [2.24, 2.45) is 0 Å². The molecule has 1 aliphatic carbocycles. The Labute approximate surface area is 159 Å². The van der Waals surface area contributed by atoms with E-state index in [1.165, 1.54) is 6.07 Å². The van der Waals surface area contributed by atoms with Crippen LogP contribution in [-0.4, -0.2) is 4.98 Å². The Morgan fingerprint density at radius 2 is 1.89 bits per heavy atom. The molecule has 0 unspecified atom stereocenters. The van der Waals surface area contributed by atoms with Crippen LogP contribution in [0.25, 0.3) is 11.1 Å². The summed E-state index contributed by atoms with van der Waals surface area (Å²) in [5, 5.41) is 10.1. The minimum Gasteiger partial charge on any atom is -0.256 e. The molecule has 1 atom stereocenters. The third-order valence-electron chi connectivity index (χ3n) is 5.72. The number of halogens is 1. The molecule has 0 fully saturated rings. The van der Waals surface area contributed by atoms with Gasteiger partial charge in [0.1, 0.15) is 11.2 Å². The van der Waals surface area contributed by atoms with E-state index in [0.717, 1.165) is 52.0 Å². The summed E-state index contributed by atoms with van der Waals surface area (Å²) < 4.78 is 13.9. The van der Waals surface area contributed by atoms with Gasteiger partial charge in [-0.2, -0.15) is 5.26 Å². The van der Waals surface area contributed by atoms with Gasteiger partial charge in [-0.3, -0.25) is 4.98 Å². The van der Waals surface area contributed by atoms with Crippen LogP contribution in [0, 0.1) is 31.0 Å². The van der Waals surface area contributed by atoms with Gasteiger partial charge >= 0.3 is 0 Å². The minimum atomic E-state index is -0.628. The highest BCUT2D eigenvalue weighted by Crippen LogP contribution is 2.45. The van der Waals surface area contributed by atoms with Crippen LogP contribution in [0.5, 0.6) is 0 Å². The molecule has 134 valence electrons. The van der Waals surface area contributed by atoms with Gasteiger partial charge in [-0.05, 0) is 73.1 Å². The third-order valence-corrected chi connectivity index (χ3v) is 5.72. The standard InChI is InChI=1S/C24H21FN2/c1-16-17(2)27-23-21(22(16)19-9-6-10-20(25)13-19)11-12-24(23,15-26)14-18-7-4-3-5-8-18/h3-10,13H,11-12,14H2,1-2H3/t24-/m0/s1. The number of aromatic nitrogens is 1. The largest absolute Gasteiger partial charge is 0.256 e. The molecular weight excluding hydrogens is 335 g/mol. The number of hydrogen-bond donors (Lipinski definition) is 0. The lowest BCUT2D eigenvalue weighted by Crippen LogP contribution is -2.25. The van der Waals surface area contributed by atoms with Gasteiger partial charge in [-0.15, -0.1) is 0 Å². The van der Waals surface area contributed by atoms with E-state index in [-0.39, 0.29) is 5.82 Å². The van der Waals surface area contributed by atoms with E-state index in [2.05, 4.69) is 18.2 Å². The molecule has 0 N–H and O–H groups in total. The lowest BCUT2D eigenvalue weighted by atomic mass is 9.80. The second-order valence-corrected chi connectivity index (χ2v) is 7.39. The highest BCUT2D eigenvalue weighted by atomic mass is 19.1. The van der Waals surface area contributed by atoms with Gasteiger partial charge in [0, 0.05) is 5.69 Å². The second kappa shape index (κ2) is 6.63. The van der Waals surface area contributed by atoms with Gasteiger partial charge in [-0.25, -0.2) is 4.39 Å². The summed E-state index contributed by atoms with van der Waals surface area (Å²) >= 11 is 0. The maximum Gasteiger partial charge on any atom is 0.123 e. The van der Waals surface area contributed by atoms with Gasteiger partial charge in [0.15, 0.2) is 0 Å². The molecule has 0 amide bonds. The van der Waals surface area contributed by atoms with E-state index in [4.69, 9.17) is 4.98 Å². The molecule has 2 aromatic carbocycles. The summed E-state index contributed by atoms with van der Waals surface area (Å²) in [5.41, 5.74) is 6.36. The Bertz CT molecular complexity index is 1050. The monoisotopic (exact) mass is 356 g/mol. The SMILES string of the molecule is Cc1nc2c(c(-c3cccc(F)c3)c1C)CC[C@@]2(C#N)Cc1ccccc1. The average Bonchev–Trinajstić information content (AvgIpc) is 3.02. The van der Waals surface area contributed by atoms with E-state index < -0.39 is 5.41 Å². The molecule has 3 heteroatoms.